The molecule has 166 valence electrons. The number of urea groups is 1. The third kappa shape index (κ3) is 6.63. The minimum atomic E-state index is -0.770. The molecular weight excluding hydrogens is 400 g/mol. The van der Waals surface area contributed by atoms with Crippen LogP contribution in [0.25, 0.3) is 0 Å². The summed E-state index contributed by atoms with van der Waals surface area (Å²) in [5, 5.41) is 10.7. The Bertz CT molecular complexity index is 906. The van der Waals surface area contributed by atoms with E-state index in [-0.39, 0.29) is 17.9 Å². The average molecular weight is 428 g/mol. The van der Waals surface area contributed by atoms with E-state index in [0.29, 0.717) is 28.4 Å². The van der Waals surface area contributed by atoms with Crippen LogP contribution < -0.4 is 30.7 Å². The number of amides is 4. The topological polar surface area (TPSA) is 118 Å². The number of methoxy groups -OCH3 is 2. The molecule has 0 aliphatic carbocycles. The third-order valence-corrected chi connectivity index (χ3v) is 4.49. The van der Waals surface area contributed by atoms with E-state index in [1.165, 1.54) is 21.3 Å². The molecule has 0 spiro atoms. The molecule has 1 unspecified atom stereocenters. The molecule has 0 saturated carbocycles. The van der Waals surface area contributed by atoms with E-state index in [2.05, 4.69) is 21.3 Å². The zero-order chi connectivity index (χ0) is 23.0. The Balaban J connectivity index is 2.10. The molecule has 0 aliphatic rings. The molecule has 4 amide bonds. The number of hydrogen-bond acceptors (Lipinski definition) is 5. The van der Waals surface area contributed by atoms with Crippen molar-refractivity contribution in [2.45, 2.75) is 19.9 Å². The van der Waals surface area contributed by atoms with Crippen LogP contribution in [0.1, 0.15) is 24.2 Å². The van der Waals surface area contributed by atoms with Crippen LogP contribution in [0.2, 0.25) is 0 Å². The number of carbonyl (C=O) groups excluding carboxylic acids is 3. The second kappa shape index (κ2) is 10.9. The molecule has 31 heavy (non-hydrogen) atoms. The van der Waals surface area contributed by atoms with Gasteiger partial charge in [-0.15, -0.1) is 0 Å². The largest absolute Gasteiger partial charge is 0.497 e. The maximum absolute atomic E-state index is 12.8. The molecule has 1 atom stereocenters. The number of anilines is 2. The van der Waals surface area contributed by atoms with Crippen LogP contribution >= 0.6 is 0 Å². The summed E-state index contributed by atoms with van der Waals surface area (Å²) < 4.78 is 10.4. The fourth-order valence-electron chi connectivity index (χ4n) is 2.75. The molecule has 0 aromatic heterocycles. The Hall–Kier alpha value is -3.75. The van der Waals surface area contributed by atoms with Gasteiger partial charge in [0.05, 0.1) is 14.2 Å². The highest BCUT2D eigenvalue weighted by Gasteiger charge is 2.25. The van der Waals surface area contributed by atoms with E-state index in [9.17, 15) is 14.4 Å². The van der Waals surface area contributed by atoms with Crippen molar-refractivity contribution >= 4 is 29.2 Å². The smallest absolute Gasteiger partial charge is 0.318 e. The molecule has 0 radical (unpaired) electrons. The van der Waals surface area contributed by atoms with Crippen molar-refractivity contribution in [2.24, 2.45) is 5.92 Å². The van der Waals surface area contributed by atoms with Crippen LogP contribution in [-0.4, -0.2) is 45.2 Å². The van der Waals surface area contributed by atoms with Crippen molar-refractivity contribution in [2.75, 3.05) is 31.9 Å². The van der Waals surface area contributed by atoms with Crippen molar-refractivity contribution in [3.63, 3.8) is 0 Å². The molecule has 2 aromatic rings. The van der Waals surface area contributed by atoms with Crippen LogP contribution in [0.15, 0.2) is 42.5 Å². The van der Waals surface area contributed by atoms with Gasteiger partial charge in [0.25, 0.3) is 5.91 Å². The third-order valence-electron chi connectivity index (χ3n) is 4.49. The minimum absolute atomic E-state index is 0.161. The average Bonchev–Trinajstić information content (AvgIpc) is 2.77. The van der Waals surface area contributed by atoms with Crippen LogP contribution in [0.4, 0.5) is 16.2 Å². The Morgan fingerprint density at radius 2 is 1.35 bits per heavy atom. The second-order valence-electron chi connectivity index (χ2n) is 7.07. The number of rotatable bonds is 8. The number of nitrogens with one attached hydrogen (secondary N) is 4. The zero-order valence-electron chi connectivity index (χ0n) is 18.2. The van der Waals surface area contributed by atoms with Crippen molar-refractivity contribution in [1.82, 2.24) is 10.6 Å². The first-order valence-electron chi connectivity index (χ1n) is 9.71. The first kappa shape index (κ1) is 23.5. The van der Waals surface area contributed by atoms with Gasteiger partial charge in [-0.2, -0.15) is 0 Å². The fourth-order valence-corrected chi connectivity index (χ4v) is 2.75. The maximum atomic E-state index is 12.8. The van der Waals surface area contributed by atoms with E-state index in [0.717, 1.165) is 0 Å². The molecule has 0 heterocycles. The summed E-state index contributed by atoms with van der Waals surface area (Å²) in [7, 11) is 4.51. The number of benzene rings is 2. The molecule has 0 saturated heterocycles. The lowest BCUT2D eigenvalue weighted by Gasteiger charge is -2.22. The standard InChI is InChI=1S/C22H28N4O5/c1-13(2)19(26-20(27)14-10-17(30-4)12-18(11-14)31-5)21(28)24-15-6-8-16(9-7-15)25-22(29)23-3/h6-13,19H,1-5H3,(H,24,28)(H,26,27)(H2,23,25,29). The van der Waals surface area contributed by atoms with Crippen molar-refractivity contribution in [3.8, 4) is 11.5 Å². The lowest BCUT2D eigenvalue weighted by molar-refractivity contribution is -0.118. The summed E-state index contributed by atoms with van der Waals surface area (Å²) >= 11 is 0. The minimum Gasteiger partial charge on any atom is -0.497 e. The predicted octanol–water partition coefficient (Wildman–Crippen LogP) is 2.85. The van der Waals surface area contributed by atoms with Gasteiger partial charge in [-0.05, 0) is 42.3 Å². The van der Waals surface area contributed by atoms with E-state index >= 15 is 0 Å². The van der Waals surface area contributed by atoms with E-state index in [1.54, 1.807) is 42.5 Å². The SMILES string of the molecule is CNC(=O)Nc1ccc(NC(=O)C(NC(=O)c2cc(OC)cc(OC)c2)C(C)C)cc1. The Kier molecular flexibility index (Phi) is 8.25. The normalized spacial score (nSPS) is 11.3. The monoisotopic (exact) mass is 428 g/mol. The first-order chi connectivity index (χ1) is 14.8. The number of ether oxygens (including phenoxy) is 2. The van der Waals surface area contributed by atoms with E-state index < -0.39 is 11.9 Å². The Morgan fingerprint density at radius 3 is 1.81 bits per heavy atom. The van der Waals surface area contributed by atoms with Gasteiger partial charge in [0.2, 0.25) is 5.91 Å². The molecular formula is C22H28N4O5. The van der Waals surface area contributed by atoms with Gasteiger partial charge in [-0.1, -0.05) is 13.8 Å². The van der Waals surface area contributed by atoms with Gasteiger partial charge in [0.1, 0.15) is 17.5 Å². The fraction of sp³-hybridized carbons (Fsp3) is 0.318. The Labute approximate surface area is 181 Å². The van der Waals surface area contributed by atoms with Gasteiger partial charge in [-0.25, -0.2) is 4.79 Å². The molecule has 0 aliphatic heterocycles. The number of carbonyl (C=O) groups is 3. The van der Waals surface area contributed by atoms with Crippen LogP contribution in [0, 0.1) is 5.92 Å². The summed E-state index contributed by atoms with van der Waals surface area (Å²) in [5.74, 6) is 0.00745. The highest BCUT2D eigenvalue weighted by atomic mass is 16.5. The second-order valence-corrected chi connectivity index (χ2v) is 7.07. The highest BCUT2D eigenvalue weighted by Crippen LogP contribution is 2.23. The predicted molar refractivity (Wildman–Crippen MR) is 119 cm³/mol. The van der Waals surface area contributed by atoms with E-state index in [4.69, 9.17) is 9.47 Å². The van der Waals surface area contributed by atoms with Crippen LogP contribution in [0.5, 0.6) is 11.5 Å². The Morgan fingerprint density at radius 1 is 0.839 bits per heavy atom. The van der Waals surface area contributed by atoms with Gasteiger partial charge < -0.3 is 30.7 Å². The first-order valence-corrected chi connectivity index (χ1v) is 9.71. The highest BCUT2D eigenvalue weighted by molar-refractivity contribution is 6.01. The summed E-state index contributed by atoms with van der Waals surface area (Å²) in [5.41, 5.74) is 1.44. The summed E-state index contributed by atoms with van der Waals surface area (Å²) in [6.45, 7) is 3.68. The molecule has 9 heteroatoms. The summed E-state index contributed by atoms with van der Waals surface area (Å²) in [6, 6.07) is 10.3. The summed E-state index contributed by atoms with van der Waals surface area (Å²) in [4.78, 5) is 37.0. The number of hydrogen-bond donors (Lipinski definition) is 4. The lowest BCUT2D eigenvalue weighted by Crippen LogP contribution is -2.47. The molecule has 9 nitrogen and oxygen atoms in total. The molecule has 4 N–H and O–H groups in total. The van der Waals surface area contributed by atoms with Crippen LogP contribution in [-0.2, 0) is 4.79 Å². The quantitative estimate of drug-likeness (QED) is 0.516. The summed E-state index contributed by atoms with van der Waals surface area (Å²) in [6.07, 6.45) is 0. The van der Waals surface area contributed by atoms with Crippen molar-refractivity contribution in [3.05, 3.63) is 48.0 Å². The zero-order valence-corrected chi connectivity index (χ0v) is 18.2. The molecule has 0 bridgehead atoms. The molecule has 2 rings (SSSR count). The van der Waals surface area contributed by atoms with Gasteiger partial charge in [-0.3, -0.25) is 9.59 Å². The van der Waals surface area contributed by atoms with Crippen LogP contribution in [0.3, 0.4) is 0 Å². The molecule has 0 fully saturated rings. The maximum Gasteiger partial charge on any atom is 0.318 e. The van der Waals surface area contributed by atoms with Gasteiger partial charge >= 0.3 is 6.03 Å². The van der Waals surface area contributed by atoms with Crippen molar-refractivity contribution < 1.29 is 23.9 Å². The van der Waals surface area contributed by atoms with E-state index in [1.807, 2.05) is 13.8 Å². The molecule has 2 aromatic carbocycles. The lowest BCUT2D eigenvalue weighted by atomic mass is 10.0. The van der Waals surface area contributed by atoms with Gasteiger partial charge in [0.15, 0.2) is 0 Å². The van der Waals surface area contributed by atoms with Gasteiger partial charge in [0, 0.05) is 30.1 Å². The van der Waals surface area contributed by atoms with Crippen molar-refractivity contribution in [1.29, 1.82) is 0 Å².